The van der Waals surface area contributed by atoms with Gasteiger partial charge < -0.3 is 15.7 Å². The highest BCUT2D eigenvalue weighted by Crippen LogP contribution is 2.22. The van der Waals surface area contributed by atoms with Crippen LogP contribution in [0, 0.1) is 10.1 Å². The number of carbonyl (C=O) groups excluding carboxylic acids is 1. The normalized spacial score (nSPS) is 10.0. The Hall–Kier alpha value is -2.93. The molecule has 2 aromatic carbocycles. The second kappa shape index (κ2) is 7.19. The summed E-state index contributed by atoms with van der Waals surface area (Å²) in [6.07, 6.45) is 0. The Morgan fingerprint density at radius 2 is 1.95 bits per heavy atom. The van der Waals surface area contributed by atoms with E-state index in [9.17, 15) is 14.9 Å². The number of aliphatic hydroxyl groups excluding tert-OH is 1. The number of nitrogens with zero attached hydrogens (tertiary/aromatic N) is 1. The molecule has 7 heteroatoms. The van der Waals surface area contributed by atoms with Gasteiger partial charge in [0.2, 0.25) is 5.91 Å². The summed E-state index contributed by atoms with van der Waals surface area (Å²) in [5.41, 5.74) is 1.44. The second-order valence-corrected chi connectivity index (χ2v) is 4.53. The van der Waals surface area contributed by atoms with Gasteiger partial charge in [0.25, 0.3) is 5.69 Å². The van der Waals surface area contributed by atoms with Crippen LogP contribution in [0.1, 0.15) is 5.56 Å². The van der Waals surface area contributed by atoms with Crippen LogP contribution >= 0.6 is 0 Å². The molecule has 22 heavy (non-hydrogen) atoms. The lowest BCUT2D eigenvalue weighted by Gasteiger charge is -2.09. The lowest BCUT2D eigenvalue weighted by atomic mass is 10.2. The average Bonchev–Trinajstić information content (AvgIpc) is 2.53. The van der Waals surface area contributed by atoms with Crippen molar-refractivity contribution in [2.75, 3.05) is 17.2 Å². The van der Waals surface area contributed by atoms with Crippen molar-refractivity contribution >= 4 is 23.0 Å². The quantitative estimate of drug-likeness (QED) is 0.560. The number of para-hydroxylation sites is 2. The minimum atomic E-state index is -0.509. The van der Waals surface area contributed by atoms with Crippen molar-refractivity contribution < 1.29 is 14.8 Å². The molecule has 0 atom stereocenters. The fraction of sp³-hybridized carbons (Fsp3) is 0.133. The zero-order valence-corrected chi connectivity index (χ0v) is 11.7. The van der Waals surface area contributed by atoms with Gasteiger partial charge in [0.1, 0.15) is 5.69 Å². The third kappa shape index (κ3) is 4.03. The SMILES string of the molecule is O=C(CNc1ccccc1[N+](=O)[O-])Nc1cccc(CO)c1. The summed E-state index contributed by atoms with van der Waals surface area (Å²) >= 11 is 0. The Balaban J connectivity index is 1.97. The predicted octanol–water partition coefficient (Wildman–Crippen LogP) is 2.14. The molecule has 0 aliphatic carbocycles. The monoisotopic (exact) mass is 301 g/mol. The zero-order valence-electron chi connectivity index (χ0n) is 11.7. The van der Waals surface area contributed by atoms with Crippen LogP contribution in [0.15, 0.2) is 48.5 Å². The highest BCUT2D eigenvalue weighted by molar-refractivity contribution is 5.94. The van der Waals surface area contributed by atoms with E-state index in [0.29, 0.717) is 11.3 Å². The number of hydrogen-bond donors (Lipinski definition) is 3. The zero-order chi connectivity index (χ0) is 15.9. The molecule has 0 radical (unpaired) electrons. The number of hydrogen-bond acceptors (Lipinski definition) is 5. The standard InChI is InChI=1S/C15H15N3O4/c19-10-11-4-3-5-12(8-11)17-15(20)9-16-13-6-1-2-7-14(13)18(21)22/h1-8,16,19H,9-10H2,(H,17,20). The van der Waals surface area contributed by atoms with Gasteiger partial charge in [-0.25, -0.2) is 0 Å². The van der Waals surface area contributed by atoms with E-state index in [-0.39, 0.29) is 30.4 Å². The van der Waals surface area contributed by atoms with Crippen molar-refractivity contribution in [3.63, 3.8) is 0 Å². The van der Waals surface area contributed by atoms with Crippen molar-refractivity contribution in [2.24, 2.45) is 0 Å². The van der Waals surface area contributed by atoms with Crippen LogP contribution in [0.3, 0.4) is 0 Å². The first-order valence-electron chi connectivity index (χ1n) is 6.57. The van der Waals surface area contributed by atoms with Crippen LogP contribution in [0.5, 0.6) is 0 Å². The van der Waals surface area contributed by atoms with Gasteiger partial charge in [-0.15, -0.1) is 0 Å². The van der Waals surface area contributed by atoms with E-state index in [1.807, 2.05) is 0 Å². The molecule has 1 amide bonds. The summed E-state index contributed by atoms with van der Waals surface area (Å²) in [7, 11) is 0. The number of nitro benzene ring substituents is 1. The third-order valence-corrected chi connectivity index (χ3v) is 2.93. The summed E-state index contributed by atoms with van der Waals surface area (Å²) in [5, 5.41) is 25.3. The van der Waals surface area contributed by atoms with Gasteiger partial charge in [-0.1, -0.05) is 24.3 Å². The molecular formula is C15H15N3O4. The number of nitrogens with one attached hydrogen (secondary N) is 2. The van der Waals surface area contributed by atoms with E-state index >= 15 is 0 Å². The van der Waals surface area contributed by atoms with Crippen LogP contribution in [0.2, 0.25) is 0 Å². The molecule has 0 unspecified atom stereocenters. The number of anilines is 2. The topological polar surface area (TPSA) is 104 Å². The van der Waals surface area contributed by atoms with Gasteiger partial charge in [-0.3, -0.25) is 14.9 Å². The number of benzene rings is 2. The summed E-state index contributed by atoms with van der Waals surface area (Å²) in [6, 6.07) is 12.9. The van der Waals surface area contributed by atoms with Crippen molar-refractivity contribution in [3.8, 4) is 0 Å². The van der Waals surface area contributed by atoms with Gasteiger partial charge in [-0.2, -0.15) is 0 Å². The Morgan fingerprint density at radius 1 is 1.18 bits per heavy atom. The molecule has 7 nitrogen and oxygen atoms in total. The molecular weight excluding hydrogens is 286 g/mol. The summed E-state index contributed by atoms with van der Waals surface area (Å²) in [4.78, 5) is 22.2. The first-order valence-corrected chi connectivity index (χ1v) is 6.57. The Bertz CT molecular complexity index is 688. The maximum atomic E-state index is 11.9. The van der Waals surface area contributed by atoms with Crippen LogP contribution in [-0.2, 0) is 11.4 Å². The van der Waals surface area contributed by atoms with E-state index in [2.05, 4.69) is 10.6 Å². The molecule has 2 aromatic rings. The van der Waals surface area contributed by atoms with Crippen molar-refractivity contribution in [3.05, 3.63) is 64.2 Å². The maximum Gasteiger partial charge on any atom is 0.292 e. The van der Waals surface area contributed by atoms with E-state index in [1.165, 1.54) is 12.1 Å². The highest BCUT2D eigenvalue weighted by atomic mass is 16.6. The van der Waals surface area contributed by atoms with Gasteiger partial charge in [0, 0.05) is 11.8 Å². The minimum absolute atomic E-state index is 0.0856. The molecule has 0 saturated carbocycles. The third-order valence-electron chi connectivity index (χ3n) is 2.93. The fourth-order valence-electron chi connectivity index (χ4n) is 1.91. The molecule has 0 spiro atoms. The van der Waals surface area contributed by atoms with E-state index < -0.39 is 4.92 Å². The molecule has 0 saturated heterocycles. The van der Waals surface area contributed by atoms with Gasteiger partial charge in [-0.05, 0) is 23.8 Å². The van der Waals surface area contributed by atoms with Gasteiger partial charge >= 0.3 is 0 Å². The molecule has 2 rings (SSSR count). The lowest BCUT2D eigenvalue weighted by molar-refractivity contribution is -0.383. The Morgan fingerprint density at radius 3 is 2.68 bits per heavy atom. The van der Waals surface area contributed by atoms with Crippen molar-refractivity contribution in [1.29, 1.82) is 0 Å². The minimum Gasteiger partial charge on any atom is -0.392 e. The summed E-state index contributed by atoms with van der Waals surface area (Å²) < 4.78 is 0. The number of amides is 1. The molecule has 0 aliphatic rings. The molecule has 0 aliphatic heterocycles. The molecule has 3 N–H and O–H groups in total. The molecule has 0 heterocycles. The molecule has 114 valence electrons. The van der Waals surface area contributed by atoms with Crippen LogP contribution < -0.4 is 10.6 Å². The second-order valence-electron chi connectivity index (χ2n) is 4.53. The van der Waals surface area contributed by atoms with Crippen molar-refractivity contribution in [2.45, 2.75) is 6.61 Å². The van der Waals surface area contributed by atoms with Crippen LogP contribution in [0.25, 0.3) is 0 Å². The van der Waals surface area contributed by atoms with E-state index in [1.54, 1.807) is 36.4 Å². The molecule has 0 bridgehead atoms. The number of rotatable bonds is 6. The number of nitro groups is 1. The Labute approximate surface area is 126 Å². The summed E-state index contributed by atoms with van der Waals surface area (Å²) in [5.74, 6) is -0.340. The first-order chi connectivity index (χ1) is 10.6. The lowest BCUT2D eigenvalue weighted by Crippen LogP contribution is -2.22. The van der Waals surface area contributed by atoms with Gasteiger partial charge in [0.05, 0.1) is 18.1 Å². The van der Waals surface area contributed by atoms with E-state index in [0.717, 1.165) is 0 Å². The van der Waals surface area contributed by atoms with Crippen LogP contribution in [0.4, 0.5) is 17.1 Å². The summed E-state index contributed by atoms with van der Waals surface area (Å²) in [6.45, 7) is -0.216. The predicted molar refractivity (Wildman–Crippen MR) is 82.6 cm³/mol. The van der Waals surface area contributed by atoms with E-state index in [4.69, 9.17) is 5.11 Å². The number of carbonyl (C=O) groups is 1. The van der Waals surface area contributed by atoms with Crippen molar-refractivity contribution in [1.82, 2.24) is 0 Å². The highest BCUT2D eigenvalue weighted by Gasteiger charge is 2.12. The fourth-order valence-corrected chi connectivity index (χ4v) is 1.91. The first kappa shape index (κ1) is 15.5. The van der Waals surface area contributed by atoms with Crippen LogP contribution in [-0.4, -0.2) is 22.5 Å². The number of aliphatic hydroxyl groups is 1. The Kier molecular flexibility index (Phi) is 5.05. The maximum absolute atomic E-state index is 11.9. The van der Waals surface area contributed by atoms with Gasteiger partial charge in [0.15, 0.2) is 0 Å². The largest absolute Gasteiger partial charge is 0.392 e. The average molecular weight is 301 g/mol. The smallest absolute Gasteiger partial charge is 0.292 e. The molecule has 0 fully saturated rings. The molecule has 0 aromatic heterocycles.